The lowest BCUT2D eigenvalue weighted by atomic mass is 9.95. The molecule has 0 bridgehead atoms. The van der Waals surface area contributed by atoms with Crippen molar-refractivity contribution >= 4 is 23.5 Å². The first-order chi connectivity index (χ1) is 19.2. The van der Waals surface area contributed by atoms with Crippen molar-refractivity contribution in [3.05, 3.63) is 45.6 Å². The molecule has 0 radical (unpaired) electrons. The van der Waals surface area contributed by atoms with E-state index in [-0.39, 0.29) is 36.3 Å². The Bertz CT molecular complexity index is 1310. The minimum atomic E-state index is -1.08. The first kappa shape index (κ1) is 30.3. The molecule has 11 heteroatoms. The second kappa shape index (κ2) is 14.2. The Hall–Kier alpha value is -4.28. The van der Waals surface area contributed by atoms with E-state index in [9.17, 15) is 19.2 Å². The maximum atomic E-state index is 13.3. The van der Waals surface area contributed by atoms with Crippen molar-refractivity contribution in [2.45, 2.75) is 51.5 Å². The zero-order valence-corrected chi connectivity index (χ0v) is 23.3. The van der Waals surface area contributed by atoms with Gasteiger partial charge in [-0.25, -0.2) is 0 Å². The van der Waals surface area contributed by atoms with Gasteiger partial charge < -0.3 is 35.3 Å². The fraction of sp³-hybridized carbons (Fsp3) is 0.448. The smallest absolute Gasteiger partial charge is 0.322 e. The number of benzene rings is 1. The number of unbranched alkanes of at least 4 members (excludes halogenated alkanes) is 2. The van der Waals surface area contributed by atoms with Crippen molar-refractivity contribution < 1.29 is 33.7 Å². The third-order valence-corrected chi connectivity index (χ3v) is 6.75. The fourth-order valence-corrected chi connectivity index (χ4v) is 4.93. The van der Waals surface area contributed by atoms with Crippen molar-refractivity contribution in [3.63, 3.8) is 0 Å². The molecule has 1 aliphatic rings. The molecule has 2 aromatic rings. The molecule has 0 heterocycles. The minimum absolute atomic E-state index is 0.196. The number of aryl methyl sites for hydroxylation is 1. The van der Waals surface area contributed by atoms with Gasteiger partial charge in [-0.1, -0.05) is 12.5 Å². The van der Waals surface area contributed by atoms with Crippen LogP contribution in [0.15, 0.2) is 29.1 Å². The number of aliphatic carboxylic acids is 1. The Morgan fingerprint density at radius 3 is 2.40 bits per heavy atom. The van der Waals surface area contributed by atoms with Gasteiger partial charge in [0.25, 0.3) is 0 Å². The molecule has 2 aromatic carbocycles. The number of hydrogen-bond acceptors (Lipinski definition) is 8. The zero-order valence-electron chi connectivity index (χ0n) is 23.3. The number of rotatable bonds is 13. The lowest BCUT2D eigenvalue weighted by Gasteiger charge is -2.19. The lowest BCUT2D eigenvalue weighted by Crippen LogP contribution is -2.28. The molecule has 4 N–H and O–H groups in total. The predicted octanol–water partition coefficient (Wildman–Crippen LogP) is 3.04. The number of anilines is 1. The lowest BCUT2D eigenvalue weighted by molar-refractivity contribution is -0.138. The molecule has 0 fully saturated rings. The number of carboxylic acid groups (broad SMARTS) is 1. The standard InChI is InChI=1S/C29H37N3O8/c1-17(33)32-21-11-9-18-14-24(38-2)28(39-3)29(40-4)27(18)19-10-12-22(23(34)15-20(19)21)30-13-7-5-6-8-25(35)31-16-26(36)37/h10,12,14-15,21H,5-9,11,13,16H2,1-4H3,(H,30,34)(H,31,35)(H,32,33)(H,36,37)/t21-/m0/s1. The molecule has 216 valence electrons. The third kappa shape index (κ3) is 7.43. The Morgan fingerprint density at radius 1 is 1.00 bits per heavy atom. The summed E-state index contributed by atoms with van der Waals surface area (Å²) in [7, 11) is 4.65. The highest BCUT2D eigenvalue weighted by Gasteiger charge is 2.29. The van der Waals surface area contributed by atoms with Crippen molar-refractivity contribution in [2.24, 2.45) is 0 Å². The average Bonchev–Trinajstić information content (AvgIpc) is 3.16. The van der Waals surface area contributed by atoms with Crippen LogP contribution in [0.1, 0.15) is 56.2 Å². The molecule has 2 amide bonds. The fourth-order valence-electron chi connectivity index (χ4n) is 4.93. The van der Waals surface area contributed by atoms with Crippen molar-refractivity contribution in [2.75, 3.05) is 39.7 Å². The van der Waals surface area contributed by atoms with Crippen LogP contribution in [0.25, 0.3) is 11.1 Å². The highest BCUT2D eigenvalue weighted by Crippen LogP contribution is 2.50. The Labute approximate surface area is 233 Å². The first-order valence-corrected chi connectivity index (χ1v) is 13.2. The second-order valence-corrected chi connectivity index (χ2v) is 9.50. The molecule has 0 spiro atoms. The van der Waals surface area contributed by atoms with Crippen LogP contribution in [0.4, 0.5) is 5.69 Å². The number of amides is 2. The molecule has 0 aromatic heterocycles. The molecule has 11 nitrogen and oxygen atoms in total. The van der Waals surface area contributed by atoms with Crippen molar-refractivity contribution in [3.8, 4) is 28.4 Å². The summed E-state index contributed by atoms with van der Waals surface area (Å²) < 4.78 is 17.0. The molecule has 0 saturated heterocycles. The van der Waals surface area contributed by atoms with Crippen LogP contribution < -0.4 is 35.6 Å². The quantitative estimate of drug-likeness (QED) is 0.273. The van der Waals surface area contributed by atoms with E-state index in [1.807, 2.05) is 12.1 Å². The van der Waals surface area contributed by atoms with Gasteiger partial charge in [-0.2, -0.15) is 0 Å². The Balaban J connectivity index is 1.88. The van der Waals surface area contributed by atoms with Gasteiger partial charge >= 0.3 is 5.97 Å². The van der Waals surface area contributed by atoms with Crippen LogP contribution >= 0.6 is 0 Å². The SMILES string of the molecule is COc1cc2c(c(OC)c1OC)-c1ccc(NCCCCCC(=O)NCC(=O)O)c(=O)cc1[C@@H](NC(C)=O)CC2. The van der Waals surface area contributed by atoms with Gasteiger partial charge in [-0.3, -0.25) is 19.2 Å². The van der Waals surface area contributed by atoms with E-state index in [0.29, 0.717) is 60.7 Å². The summed E-state index contributed by atoms with van der Waals surface area (Å²) in [5.74, 6) is -0.114. The monoisotopic (exact) mass is 555 g/mol. The van der Waals surface area contributed by atoms with Crippen LogP contribution in [0.5, 0.6) is 17.2 Å². The van der Waals surface area contributed by atoms with Crippen LogP contribution in [0.2, 0.25) is 0 Å². The summed E-state index contributed by atoms with van der Waals surface area (Å²) in [5.41, 5.74) is 3.36. The summed E-state index contributed by atoms with van der Waals surface area (Å²) in [4.78, 5) is 47.6. The predicted molar refractivity (Wildman–Crippen MR) is 150 cm³/mol. The van der Waals surface area contributed by atoms with Gasteiger partial charge in [0.1, 0.15) is 6.54 Å². The minimum Gasteiger partial charge on any atom is -0.493 e. The second-order valence-electron chi connectivity index (χ2n) is 9.50. The highest BCUT2D eigenvalue weighted by molar-refractivity contribution is 5.84. The maximum Gasteiger partial charge on any atom is 0.322 e. The average molecular weight is 556 g/mol. The van der Waals surface area contributed by atoms with E-state index in [1.54, 1.807) is 26.4 Å². The maximum absolute atomic E-state index is 13.3. The summed E-state index contributed by atoms with van der Waals surface area (Å²) in [6.45, 7) is 1.58. The first-order valence-electron chi connectivity index (χ1n) is 13.2. The largest absolute Gasteiger partial charge is 0.493 e. The number of carboxylic acids is 1. The normalized spacial score (nSPS) is 13.7. The van der Waals surface area contributed by atoms with Gasteiger partial charge in [0.15, 0.2) is 11.5 Å². The highest BCUT2D eigenvalue weighted by atomic mass is 16.5. The Morgan fingerprint density at radius 2 is 1.75 bits per heavy atom. The number of ether oxygens (including phenoxy) is 3. The summed E-state index contributed by atoms with van der Waals surface area (Å²) in [5, 5.41) is 17.2. The van der Waals surface area contributed by atoms with E-state index in [2.05, 4.69) is 16.0 Å². The van der Waals surface area contributed by atoms with Crippen LogP contribution in [-0.2, 0) is 20.8 Å². The topological polar surface area (TPSA) is 152 Å². The van der Waals surface area contributed by atoms with Crippen molar-refractivity contribution in [1.29, 1.82) is 0 Å². The molecular weight excluding hydrogens is 518 g/mol. The molecule has 1 aliphatic carbocycles. The van der Waals surface area contributed by atoms with Crippen LogP contribution in [-0.4, -0.2) is 57.3 Å². The summed E-state index contributed by atoms with van der Waals surface area (Å²) in [6.07, 6.45) is 3.48. The van der Waals surface area contributed by atoms with Crippen molar-refractivity contribution in [1.82, 2.24) is 10.6 Å². The number of nitrogens with one attached hydrogen (secondary N) is 3. The number of carbonyl (C=O) groups is 3. The van der Waals surface area contributed by atoms with Crippen LogP contribution in [0, 0.1) is 0 Å². The Kier molecular flexibility index (Phi) is 10.7. The molecule has 1 atom stereocenters. The van der Waals surface area contributed by atoms with Crippen LogP contribution in [0.3, 0.4) is 0 Å². The molecular formula is C29H37N3O8. The zero-order chi connectivity index (χ0) is 29.2. The van der Waals surface area contributed by atoms with Gasteiger partial charge in [0.05, 0.1) is 33.1 Å². The van der Waals surface area contributed by atoms with Gasteiger partial charge in [-0.15, -0.1) is 0 Å². The molecule has 3 rings (SSSR count). The molecule has 0 unspecified atom stereocenters. The number of hydrogen-bond donors (Lipinski definition) is 4. The molecule has 40 heavy (non-hydrogen) atoms. The third-order valence-electron chi connectivity index (χ3n) is 6.75. The summed E-state index contributed by atoms with van der Waals surface area (Å²) in [6, 6.07) is 6.68. The van der Waals surface area contributed by atoms with E-state index < -0.39 is 5.97 Å². The van der Waals surface area contributed by atoms with E-state index in [1.165, 1.54) is 14.0 Å². The number of methoxy groups -OCH3 is 3. The molecule has 0 saturated carbocycles. The van der Waals surface area contributed by atoms with Gasteiger partial charge in [-0.05, 0) is 60.6 Å². The number of carbonyl (C=O) groups excluding carboxylic acids is 2. The van der Waals surface area contributed by atoms with E-state index in [4.69, 9.17) is 19.3 Å². The molecule has 0 aliphatic heterocycles. The van der Waals surface area contributed by atoms with Gasteiger partial charge in [0, 0.05) is 25.5 Å². The van der Waals surface area contributed by atoms with Gasteiger partial charge in [0.2, 0.25) is 23.0 Å². The van der Waals surface area contributed by atoms with E-state index in [0.717, 1.165) is 23.1 Å². The number of fused-ring (bicyclic) bond motifs is 3. The van der Waals surface area contributed by atoms with E-state index >= 15 is 0 Å². The summed E-state index contributed by atoms with van der Waals surface area (Å²) >= 11 is 0.